The number of aromatic nitrogens is 4. The van der Waals surface area contributed by atoms with Crippen molar-refractivity contribution < 1.29 is 4.79 Å². The van der Waals surface area contributed by atoms with E-state index in [4.69, 9.17) is 0 Å². The van der Waals surface area contributed by atoms with E-state index >= 15 is 0 Å². The zero-order valence-corrected chi connectivity index (χ0v) is 18.9. The van der Waals surface area contributed by atoms with Crippen molar-refractivity contribution in [2.24, 2.45) is 0 Å². The van der Waals surface area contributed by atoms with E-state index in [-0.39, 0.29) is 18.4 Å². The van der Waals surface area contributed by atoms with Crippen molar-refractivity contribution in [1.29, 1.82) is 0 Å². The van der Waals surface area contributed by atoms with Gasteiger partial charge in [-0.25, -0.2) is 9.50 Å². The van der Waals surface area contributed by atoms with Crippen LogP contribution in [0.3, 0.4) is 0 Å². The van der Waals surface area contributed by atoms with Crippen molar-refractivity contribution in [1.82, 2.24) is 24.9 Å². The SMILES string of the molecule is CSc1nc2nc(C)c(CC(=O)NC(C)c3ccc(-c4ccccc4)cc3)c(C)n2n1. The van der Waals surface area contributed by atoms with Gasteiger partial charge in [-0.05, 0) is 43.7 Å². The van der Waals surface area contributed by atoms with Crippen LogP contribution in [0.5, 0.6) is 0 Å². The van der Waals surface area contributed by atoms with Gasteiger partial charge < -0.3 is 5.32 Å². The first-order valence-electron chi connectivity index (χ1n) is 10.2. The van der Waals surface area contributed by atoms with Gasteiger partial charge in [0.15, 0.2) is 0 Å². The Morgan fingerprint density at radius 1 is 1.03 bits per heavy atom. The van der Waals surface area contributed by atoms with Crippen LogP contribution >= 0.6 is 11.8 Å². The van der Waals surface area contributed by atoms with Gasteiger partial charge in [0, 0.05) is 17.0 Å². The lowest BCUT2D eigenvalue weighted by atomic mass is 10.0. The molecule has 0 saturated carbocycles. The van der Waals surface area contributed by atoms with Crippen LogP contribution in [-0.4, -0.2) is 31.7 Å². The second-order valence-corrected chi connectivity index (χ2v) is 8.30. The Labute approximate surface area is 186 Å². The minimum absolute atomic E-state index is 0.0443. The average Bonchev–Trinajstić information content (AvgIpc) is 3.20. The minimum Gasteiger partial charge on any atom is -0.349 e. The fourth-order valence-electron chi connectivity index (χ4n) is 3.66. The average molecular weight is 432 g/mol. The topological polar surface area (TPSA) is 72.2 Å². The van der Waals surface area contributed by atoms with Gasteiger partial charge in [-0.15, -0.1) is 5.10 Å². The molecule has 31 heavy (non-hydrogen) atoms. The molecule has 4 aromatic rings. The summed E-state index contributed by atoms with van der Waals surface area (Å²) in [5.41, 5.74) is 5.98. The smallest absolute Gasteiger partial charge is 0.253 e. The predicted octanol–water partition coefficient (Wildman–Crippen LogP) is 4.55. The molecule has 1 amide bonds. The lowest BCUT2D eigenvalue weighted by Crippen LogP contribution is -2.29. The van der Waals surface area contributed by atoms with Crippen LogP contribution in [0, 0.1) is 13.8 Å². The Kier molecular flexibility index (Phi) is 6.04. The predicted molar refractivity (Wildman–Crippen MR) is 124 cm³/mol. The molecule has 1 unspecified atom stereocenters. The van der Waals surface area contributed by atoms with Gasteiger partial charge in [-0.1, -0.05) is 66.4 Å². The number of hydrogen-bond donors (Lipinski definition) is 1. The van der Waals surface area contributed by atoms with Crippen molar-refractivity contribution in [3.8, 4) is 11.1 Å². The van der Waals surface area contributed by atoms with E-state index in [1.807, 2.05) is 45.2 Å². The molecule has 2 aromatic heterocycles. The molecule has 2 heterocycles. The third kappa shape index (κ3) is 4.46. The number of aryl methyl sites for hydroxylation is 2. The van der Waals surface area contributed by atoms with Gasteiger partial charge in [-0.3, -0.25) is 4.79 Å². The van der Waals surface area contributed by atoms with Crippen molar-refractivity contribution in [2.45, 2.75) is 38.4 Å². The van der Waals surface area contributed by atoms with Crippen LogP contribution in [0.15, 0.2) is 59.8 Å². The first-order valence-corrected chi connectivity index (χ1v) is 11.4. The number of amides is 1. The van der Waals surface area contributed by atoms with Gasteiger partial charge in [0.2, 0.25) is 11.1 Å². The second-order valence-electron chi connectivity index (χ2n) is 7.53. The quantitative estimate of drug-likeness (QED) is 0.454. The molecular weight excluding hydrogens is 406 g/mol. The summed E-state index contributed by atoms with van der Waals surface area (Å²) in [6.45, 7) is 5.86. The molecule has 0 aliphatic heterocycles. The summed E-state index contributed by atoms with van der Waals surface area (Å²) in [4.78, 5) is 21.7. The standard InChI is InChI=1S/C24H25N5OS/c1-15(18-10-12-20(13-11-18)19-8-6-5-7-9-19)25-22(30)14-21-16(2)26-23-27-24(31-4)28-29(23)17(21)3/h5-13,15H,14H2,1-4H3,(H,25,30). The molecule has 0 fully saturated rings. The summed E-state index contributed by atoms with van der Waals surface area (Å²) >= 11 is 1.47. The lowest BCUT2D eigenvalue weighted by Gasteiger charge is -2.16. The molecule has 1 atom stereocenters. The van der Waals surface area contributed by atoms with E-state index in [0.29, 0.717) is 10.9 Å². The molecular formula is C24H25N5OS. The normalized spacial score (nSPS) is 12.1. The highest BCUT2D eigenvalue weighted by Crippen LogP contribution is 2.22. The Balaban J connectivity index is 1.47. The van der Waals surface area contributed by atoms with Gasteiger partial charge in [-0.2, -0.15) is 4.98 Å². The number of benzene rings is 2. The van der Waals surface area contributed by atoms with E-state index in [1.54, 1.807) is 4.52 Å². The zero-order valence-electron chi connectivity index (χ0n) is 18.1. The van der Waals surface area contributed by atoms with Gasteiger partial charge >= 0.3 is 0 Å². The summed E-state index contributed by atoms with van der Waals surface area (Å²) in [7, 11) is 0. The first-order chi connectivity index (χ1) is 15.0. The fourth-order valence-corrected chi connectivity index (χ4v) is 4.00. The third-order valence-electron chi connectivity index (χ3n) is 5.44. The monoisotopic (exact) mass is 431 g/mol. The van der Waals surface area contributed by atoms with Gasteiger partial charge in [0.25, 0.3) is 5.78 Å². The van der Waals surface area contributed by atoms with Crippen LogP contribution in [-0.2, 0) is 11.2 Å². The van der Waals surface area contributed by atoms with Crippen molar-refractivity contribution >= 4 is 23.4 Å². The summed E-state index contributed by atoms with van der Waals surface area (Å²) in [5, 5.41) is 8.23. The number of carbonyl (C=O) groups excluding carboxylic acids is 1. The molecule has 2 aromatic carbocycles. The highest BCUT2D eigenvalue weighted by Gasteiger charge is 2.17. The van der Waals surface area contributed by atoms with Crippen LogP contribution in [0.2, 0.25) is 0 Å². The number of fused-ring (bicyclic) bond motifs is 1. The number of nitrogens with one attached hydrogen (secondary N) is 1. The van der Waals surface area contributed by atoms with Crippen molar-refractivity contribution in [3.05, 3.63) is 77.1 Å². The van der Waals surface area contributed by atoms with E-state index in [9.17, 15) is 4.79 Å². The number of thioether (sulfide) groups is 1. The molecule has 0 spiro atoms. The zero-order chi connectivity index (χ0) is 22.0. The van der Waals surface area contributed by atoms with E-state index in [1.165, 1.54) is 17.3 Å². The fraction of sp³-hybridized carbons (Fsp3) is 0.250. The number of hydrogen-bond acceptors (Lipinski definition) is 5. The van der Waals surface area contributed by atoms with E-state index in [2.05, 4.69) is 56.8 Å². The second kappa shape index (κ2) is 8.89. The molecule has 0 bridgehead atoms. The number of carbonyl (C=O) groups is 1. The van der Waals surface area contributed by atoms with Crippen LogP contribution in [0.1, 0.15) is 35.5 Å². The molecule has 7 heteroatoms. The van der Waals surface area contributed by atoms with Crippen LogP contribution in [0.4, 0.5) is 0 Å². The highest BCUT2D eigenvalue weighted by atomic mass is 32.2. The van der Waals surface area contributed by atoms with Gasteiger partial charge in [0.05, 0.1) is 12.5 Å². The minimum atomic E-state index is -0.0934. The summed E-state index contributed by atoms with van der Waals surface area (Å²) < 4.78 is 1.72. The Bertz CT molecular complexity index is 1220. The molecule has 158 valence electrons. The Morgan fingerprint density at radius 2 is 1.71 bits per heavy atom. The summed E-state index contributed by atoms with van der Waals surface area (Å²) in [6, 6.07) is 18.5. The molecule has 0 radical (unpaired) electrons. The number of nitrogens with zero attached hydrogens (tertiary/aromatic N) is 4. The maximum absolute atomic E-state index is 12.8. The molecule has 0 aliphatic carbocycles. The molecule has 0 saturated heterocycles. The van der Waals surface area contributed by atoms with Crippen molar-refractivity contribution in [2.75, 3.05) is 6.26 Å². The molecule has 0 aliphatic rings. The van der Waals surface area contributed by atoms with Crippen molar-refractivity contribution in [3.63, 3.8) is 0 Å². The largest absolute Gasteiger partial charge is 0.349 e. The van der Waals surface area contributed by atoms with E-state index in [0.717, 1.165) is 28.1 Å². The Hall–Kier alpha value is -3.19. The highest BCUT2D eigenvalue weighted by molar-refractivity contribution is 7.98. The summed E-state index contributed by atoms with van der Waals surface area (Å²) in [6.07, 6.45) is 2.18. The van der Waals surface area contributed by atoms with Gasteiger partial charge in [0.1, 0.15) is 0 Å². The third-order valence-corrected chi connectivity index (χ3v) is 5.98. The lowest BCUT2D eigenvalue weighted by molar-refractivity contribution is -0.121. The molecule has 4 rings (SSSR count). The summed E-state index contributed by atoms with van der Waals surface area (Å²) in [5.74, 6) is 0.521. The van der Waals surface area contributed by atoms with Crippen LogP contribution < -0.4 is 5.32 Å². The first kappa shape index (κ1) is 21.1. The van der Waals surface area contributed by atoms with E-state index < -0.39 is 0 Å². The van der Waals surface area contributed by atoms with Crippen LogP contribution in [0.25, 0.3) is 16.9 Å². The molecule has 1 N–H and O–H groups in total. The Morgan fingerprint density at radius 3 is 2.39 bits per heavy atom. The molecule has 6 nitrogen and oxygen atoms in total. The maximum atomic E-state index is 12.8. The maximum Gasteiger partial charge on any atom is 0.253 e. The number of rotatable bonds is 6.